The fourth-order valence-corrected chi connectivity index (χ4v) is 6.83. The molecule has 7 rings (SSSR count). The Morgan fingerprint density at radius 3 is 2.42 bits per heavy atom. The average molecular weight is 738 g/mol. The lowest BCUT2D eigenvalue weighted by Crippen LogP contribution is -2.38. The lowest BCUT2D eigenvalue weighted by atomic mass is 9.95. The van der Waals surface area contributed by atoms with Crippen molar-refractivity contribution in [2.24, 2.45) is 0 Å². The van der Waals surface area contributed by atoms with Crippen LogP contribution in [0.5, 0.6) is 0 Å². The molecule has 1 aliphatic rings. The van der Waals surface area contributed by atoms with Crippen molar-refractivity contribution in [3.05, 3.63) is 106 Å². The van der Waals surface area contributed by atoms with E-state index in [1.54, 1.807) is 23.4 Å². The van der Waals surface area contributed by atoms with Gasteiger partial charge in [0.15, 0.2) is 0 Å². The Bertz CT molecular complexity index is 2180. The summed E-state index contributed by atoms with van der Waals surface area (Å²) in [6.07, 6.45) is 3.72. The Morgan fingerprint density at radius 2 is 1.79 bits per heavy atom. The number of carbonyl (C=O) groups is 1. The number of fused-ring (bicyclic) bond motifs is 2. The van der Waals surface area contributed by atoms with E-state index in [-0.39, 0.29) is 37.9 Å². The first-order chi connectivity index (χ1) is 24.6. The van der Waals surface area contributed by atoms with Crippen LogP contribution in [-0.4, -0.2) is 58.4 Å². The standard InChI is InChI=1S/C36H35F4N9O2.ClH/c1-3-20-6-5-7-21(4-2)32(20)49-33(26-18-48(11-9-28(26)47-49)35-44-15-23(16-45-35)36(38,39)40)30-25-8-10-42-31(25)22(12-27(30)37)14-43-29(34(50)51)13-24-17-41-19-46-24;/h5-8,10,12,15-17,19,29,42-43H,3-4,9,11,13-14,18H2,1-2H3,(H,41,46)(H,50,51);1H. The predicted octanol–water partition coefficient (Wildman–Crippen LogP) is 6.59. The molecule has 0 spiro atoms. The van der Waals surface area contributed by atoms with Crippen molar-refractivity contribution in [3.8, 4) is 16.9 Å². The predicted molar refractivity (Wildman–Crippen MR) is 189 cm³/mol. The van der Waals surface area contributed by atoms with Gasteiger partial charge in [0, 0.05) is 79.5 Å². The number of aromatic nitrogens is 7. The quantitative estimate of drug-likeness (QED) is 0.109. The van der Waals surface area contributed by atoms with Crippen LogP contribution in [0.15, 0.2) is 61.4 Å². The Balaban J connectivity index is 0.00000464. The third kappa shape index (κ3) is 6.85. The van der Waals surface area contributed by atoms with Crippen LogP contribution in [0.4, 0.5) is 23.5 Å². The maximum atomic E-state index is 16.9. The number of hydrogen-bond donors (Lipinski definition) is 4. The Labute approximate surface area is 301 Å². The molecule has 5 heterocycles. The van der Waals surface area contributed by atoms with Crippen molar-refractivity contribution < 1.29 is 27.5 Å². The summed E-state index contributed by atoms with van der Waals surface area (Å²) in [6, 6.07) is 8.29. The van der Waals surface area contributed by atoms with Gasteiger partial charge in [-0.1, -0.05) is 32.0 Å². The molecule has 0 aliphatic carbocycles. The van der Waals surface area contributed by atoms with Crippen LogP contribution in [0.1, 0.15) is 53.1 Å². The van der Waals surface area contributed by atoms with Gasteiger partial charge in [-0.15, -0.1) is 12.4 Å². The second kappa shape index (κ2) is 14.8. The first-order valence-electron chi connectivity index (χ1n) is 16.7. The molecule has 2 aromatic carbocycles. The molecule has 0 bridgehead atoms. The number of nitrogens with zero attached hydrogens (tertiary/aromatic N) is 6. The molecule has 272 valence electrons. The zero-order valence-electron chi connectivity index (χ0n) is 28.3. The van der Waals surface area contributed by atoms with Crippen LogP contribution in [0.3, 0.4) is 0 Å². The number of rotatable bonds is 11. The Hall–Kier alpha value is -5.28. The number of H-pyrrole nitrogens is 2. The zero-order chi connectivity index (χ0) is 35.9. The van der Waals surface area contributed by atoms with Gasteiger partial charge in [0.2, 0.25) is 5.95 Å². The van der Waals surface area contributed by atoms with Crippen LogP contribution in [0, 0.1) is 5.82 Å². The summed E-state index contributed by atoms with van der Waals surface area (Å²) in [5.74, 6) is -1.45. The smallest absolute Gasteiger partial charge is 0.419 e. The molecule has 4 aromatic heterocycles. The largest absolute Gasteiger partial charge is 0.480 e. The summed E-state index contributed by atoms with van der Waals surface area (Å²) in [6.45, 7) is 4.76. The zero-order valence-corrected chi connectivity index (χ0v) is 29.1. The summed E-state index contributed by atoms with van der Waals surface area (Å²) in [5, 5.41) is 18.6. The van der Waals surface area contributed by atoms with Gasteiger partial charge in [-0.25, -0.2) is 24.0 Å². The second-order valence-corrected chi connectivity index (χ2v) is 12.5. The highest BCUT2D eigenvalue weighted by Gasteiger charge is 2.34. The van der Waals surface area contributed by atoms with Crippen molar-refractivity contribution in [1.29, 1.82) is 0 Å². The van der Waals surface area contributed by atoms with Crippen molar-refractivity contribution >= 4 is 35.2 Å². The average Bonchev–Trinajstić information content (AvgIpc) is 3.90. The monoisotopic (exact) mass is 737 g/mol. The third-order valence-corrected chi connectivity index (χ3v) is 9.39. The molecular weight excluding hydrogens is 702 g/mol. The van der Waals surface area contributed by atoms with Gasteiger partial charge in [0.25, 0.3) is 0 Å². The topological polar surface area (TPSA) is 141 Å². The highest BCUT2D eigenvalue weighted by atomic mass is 35.5. The minimum Gasteiger partial charge on any atom is -0.480 e. The van der Waals surface area contributed by atoms with E-state index in [0.29, 0.717) is 59.2 Å². The highest BCUT2D eigenvalue weighted by Crippen LogP contribution is 2.41. The maximum Gasteiger partial charge on any atom is 0.419 e. The molecular formula is C36H36ClF4N9O2. The molecule has 0 fully saturated rings. The second-order valence-electron chi connectivity index (χ2n) is 12.5. The van der Waals surface area contributed by atoms with E-state index >= 15 is 4.39 Å². The minimum absolute atomic E-state index is 0. The molecule has 6 aromatic rings. The molecule has 52 heavy (non-hydrogen) atoms. The van der Waals surface area contributed by atoms with E-state index in [1.165, 1.54) is 12.4 Å². The molecule has 1 aliphatic heterocycles. The normalized spacial score (nSPS) is 13.6. The van der Waals surface area contributed by atoms with Gasteiger partial charge < -0.3 is 20.0 Å². The molecule has 1 unspecified atom stereocenters. The van der Waals surface area contributed by atoms with Crippen molar-refractivity contribution in [3.63, 3.8) is 0 Å². The number of alkyl halides is 3. The molecule has 11 nitrogen and oxygen atoms in total. The SMILES string of the molecule is CCc1cccc(CC)c1-n1nc2c(c1-c1c(F)cc(CNC(Cc3cnc[nH]3)C(=O)O)c3[nH]ccc13)CN(c1ncc(C(F)(F)F)cn1)CC2.Cl. The number of hydrogen-bond acceptors (Lipinski definition) is 7. The lowest BCUT2D eigenvalue weighted by Gasteiger charge is -2.27. The molecule has 0 amide bonds. The summed E-state index contributed by atoms with van der Waals surface area (Å²) in [5.41, 5.74) is 6.09. The first-order valence-corrected chi connectivity index (χ1v) is 16.7. The van der Waals surface area contributed by atoms with E-state index < -0.39 is 29.6 Å². The lowest BCUT2D eigenvalue weighted by molar-refractivity contribution is -0.139. The number of anilines is 1. The number of halogens is 5. The Kier molecular flexibility index (Phi) is 10.4. The number of para-hydroxylation sites is 1. The van der Waals surface area contributed by atoms with E-state index in [2.05, 4.69) is 44.1 Å². The molecule has 0 saturated heterocycles. The number of aryl methyl sites for hydroxylation is 2. The van der Waals surface area contributed by atoms with E-state index in [9.17, 15) is 23.1 Å². The number of nitrogens with one attached hydrogen (secondary N) is 3. The fraction of sp³-hybridized carbons (Fsp3) is 0.306. The van der Waals surface area contributed by atoms with Crippen LogP contribution in [0.25, 0.3) is 27.8 Å². The summed E-state index contributed by atoms with van der Waals surface area (Å²) < 4.78 is 58.5. The van der Waals surface area contributed by atoms with Crippen molar-refractivity contribution in [2.45, 2.75) is 64.8 Å². The van der Waals surface area contributed by atoms with Crippen LogP contribution < -0.4 is 10.2 Å². The summed E-state index contributed by atoms with van der Waals surface area (Å²) >= 11 is 0. The molecule has 4 N–H and O–H groups in total. The first kappa shape index (κ1) is 36.5. The fourth-order valence-electron chi connectivity index (χ4n) is 6.83. The van der Waals surface area contributed by atoms with Crippen LogP contribution in [-0.2, 0) is 49.7 Å². The van der Waals surface area contributed by atoms with Gasteiger partial charge in [0.05, 0.1) is 34.5 Å². The number of aromatic amines is 2. The summed E-state index contributed by atoms with van der Waals surface area (Å²) in [4.78, 5) is 32.0. The maximum absolute atomic E-state index is 16.9. The molecule has 0 radical (unpaired) electrons. The summed E-state index contributed by atoms with van der Waals surface area (Å²) in [7, 11) is 0. The molecule has 16 heteroatoms. The Morgan fingerprint density at radius 1 is 1.06 bits per heavy atom. The van der Waals surface area contributed by atoms with Gasteiger partial charge in [-0.2, -0.15) is 18.3 Å². The van der Waals surface area contributed by atoms with E-state index in [1.807, 2.05) is 22.9 Å². The minimum atomic E-state index is -4.57. The van der Waals surface area contributed by atoms with Gasteiger partial charge in [-0.3, -0.25) is 10.1 Å². The number of benzene rings is 2. The van der Waals surface area contributed by atoms with Crippen molar-refractivity contribution in [2.75, 3.05) is 11.4 Å². The third-order valence-electron chi connectivity index (χ3n) is 9.39. The van der Waals surface area contributed by atoms with Gasteiger partial charge in [-0.05, 0) is 41.7 Å². The van der Waals surface area contributed by atoms with E-state index in [0.717, 1.165) is 40.5 Å². The molecule has 1 atom stereocenters. The number of imidazole rings is 1. The van der Waals surface area contributed by atoms with Crippen LogP contribution >= 0.6 is 12.4 Å². The van der Waals surface area contributed by atoms with Gasteiger partial charge in [0.1, 0.15) is 11.9 Å². The number of carboxylic acids is 1. The van der Waals surface area contributed by atoms with E-state index in [4.69, 9.17) is 5.10 Å². The van der Waals surface area contributed by atoms with Crippen molar-refractivity contribution in [1.82, 2.24) is 40.0 Å². The molecule has 0 saturated carbocycles. The number of carboxylic acid groups (broad SMARTS) is 1. The van der Waals surface area contributed by atoms with Gasteiger partial charge >= 0.3 is 12.1 Å². The number of aliphatic carboxylic acids is 1. The highest BCUT2D eigenvalue weighted by molar-refractivity contribution is 5.98. The van der Waals surface area contributed by atoms with Crippen LogP contribution in [0.2, 0.25) is 0 Å².